The van der Waals surface area contributed by atoms with E-state index >= 15 is 0 Å². The minimum absolute atomic E-state index is 0. The van der Waals surface area contributed by atoms with Crippen LogP contribution < -0.4 is 0 Å². The fraction of sp³-hybridized carbons (Fsp3) is 0.857. The fourth-order valence-corrected chi connectivity index (χ4v) is 0. The van der Waals surface area contributed by atoms with Crippen LogP contribution in [-0.2, 0) is 17.1 Å². The van der Waals surface area contributed by atoms with Gasteiger partial charge in [0.05, 0.1) is 0 Å². The van der Waals surface area contributed by atoms with Gasteiger partial charge in [-0.15, -0.1) is 0 Å². The van der Waals surface area contributed by atoms with E-state index < -0.39 is 0 Å². The van der Waals surface area contributed by atoms with E-state index in [0.29, 0.717) is 0 Å². The van der Waals surface area contributed by atoms with Crippen molar-refractivity contribution in [1.29, 1.82) is 0 Å². The minimum Gasteiger partial charge on any atom is -0.358 e. The molecular weight excluding hydrogens is 139 g/mol. The molecule has 0 saturated carbocycles. The molecule has 0 amide bonds. The number of hydrogen-bond donors (Lipinski definition) is 0. The first kappa shape index (κ1) is 38.9. The molecule has 0 spiro atoms. The van der Waals surface area contributed by atoms with Crippen LogP contribution in [0.4, 0.5) is 0 Å². The molecule has 1 radical (unpaired) electrons. The maximum atomic E-state index is 2.00. The van der Waals surface area contributed by atoms with E-state index in [4.69, 9.17) is 0 Å². The largest absolute Gasteiger partial charge is 0.358 e. The van der Waals surface area contributed by atoms with Crippen molar-refractivity contribution >= 4 is 0 Å². The quantitative estimate of drug-likeness (QED) is 0.375. The van der Waals surface area contributed by atoms with Crippen LogP contribution in [0.2, 0.25) is 0 Å². The summed E-state index contributed by atoms with van der Waals surface area (Å²) in [5, 5.41) is 0. The molecule has 0 aromatic heterocycles. The van der Waals surface area contributed by atoms with E-state index in [1.165, 1.54) is 0 Å². The van der Waals surface area contributed by atoms with E-state index in [1.54, 1.807) is 0 Å². The van der Waals surface area contributed by atoms with Crippen LogP contribution in [-0.4, -0.2) is 0 Å². The molecule has 0 bridgehead atoms. The molecule has 0 fully saturated rings. The molecule has 1 heteroatoms. The normalized spacial score (nSPS) is 2.25. The maximum Gasteiger partial charge on any atom is 0 e. The summed E-state index contributed by atoms with van der Waals surface area (Å²) < 4.78 is 0. The van der Waals surface area contributed by atoms with Crippen molar-refractivity contribution in [1.82, 2.24) is 0 Å². The van der Waals surface area contributed by atoms with Gasteiger partial charge in [0, 0.05) is 17.1 Å². The van der Waals surface area contributed by atoms with Crippen molar-refractivity contribution in [3.63, 3.8) is 0 Å². The molecule has 0 aromatic rings. The van der Waals surface area contributed by atoms with Crippen molar-refractivity contribution in [3.05, 3.63) is 7.43 Å². The van der Waals surface area contributed by atoms with Gasteiger partial charge in [0.25, 0.3) is 0 Å². The van der Waals surface area contributed by atoms with Gasteiger partial charge >= 0.3 is 0 Å². The van der Waals surface area contributed by atoms with Gasteiger partial charge in [-0.25, -0.2) is 0 Å². The Morgan fingerprint density at radius 3 is 0.500 bits per heavy atom. The van der Waals surface area contributed by atoms with Crippen LogP contribution in [0.5, 0.6) is 0 Å². The van der Waals surface area contributed by atoms with Crippen LogP contribution in [0, 0.1) is 7.43 Å². The fourth-order valence-electron chi connectivity index (χ4n) is 0. The van der Waals surface area contributed by atoms with Crippen LogP contribution in [0.1, 0.15) is 41.5 Å². The van der Waals surface area contributed by atoms with Crippen molar-refractivity contribution in [2.24, 2.45) is 0 Å². The van der Waals surface area contributed by atoms with Gasteiger partial charge in [0.15, 0.2) is 0 Å². The molecular formula is C7H21Mn-. The van der Waals surface area contributed by atoms with Crippen molar-refractivity contribution < 1.29 is 17.1 Å². The van der Waals surface area contributed by atoms with Gasteiger partial charge in [0.1, 0.15) is 0 Å². The van der Waals surface area contributed by atoms with E-state index in [-0.39, 0.29) is 24.5 Å². The molecule has 0 nitrogen and oxygen atoms in total. The summed E-state index contributed by atoms with van der Waals surface area (Å²) in [7, 11) is 0. The third kappa shape index (κ3) is 736. The Hall–Kier alpha value is 0.519. The molecule has 0 heterocycles. The van der Waals surface area contributed by atoms with Crippen LogP contribution in [0.25, 0.3) is 0 Å². The second-order valence-corrected chi connectivity index (χ2v) is 0. The van der Waals surface area contributed by atoms with E-state index in [2.05, 4.69) is 0 Å². The van der Waals surface area contributed by atoms with Gasteiger partial charge < -0.3 is 7.43 Å². The molecule has 0 aliphatic carbocycles. The van der Waals surface area contributed by atoms with Gasteiger partial charge in [-0.05, 0) is 0 Å². The average Bonchev–Trinajstić information content (AvgIpc) is 1.81. The molecule has 0 unspecified atom stereocenters. The molecule has 0 aliphatic heterocycles. The zero-order valence-electron chi connectivity index (χ0n) is 7.38. The molecule has 0 atom stereocenters. The van der Waals surface area contributed by atoms with Crippen molar-refractivity contribution in [2.75, 3.05) is 0 Å². The molecule has 8 heavy (non-hydrogen) atoms. The number of hydrogen-bond acceptors (Lipinski definition) is 0. The second kappa shape index (κ2) is 1180. The summed E-state index contributed by atoms with van der Waals surface area (Å²) in [5.41, 5.74) is 0. The Bertz CT molecular complexity index is 4.35. The maximum absolute atomic E-state index is 2.00. The summed E-state index contributed by atoms with van der Waals surface area (Å²) in [4.78, 5) is 0. The third-order valence-electron chi connectivity index (χ3n) is 0. The Kier molecular flexibility index (Phi) is 5760. The Balaban J connectivity index is -0.00000000500. The smallest absolute Gasteiger partial charge is 0 e. The monoisotopic (exact) mass is 160 g/mol. The first-order valence-electron chi connectivity index (χ1n) is 3.00. The first-order valence-corrected chi connectivity index (χ1v) is 3.00. The third-order valence-corrected chi connectivity index (χ3v) is 0. The zero-order chi connectivity index (χ0) is 6.00. The Labute approximate surface area is 66.5 Å². The van der Waals surface area contributed by atoms with Crippen molar-refractivity contribution in [3.8, 4) is 0 Å². The molecule has 0 aromatic carbocycles. The number of rotatable bonds is 0. The van der Waals surface area contributed by atoms with Crippen LogP contribution in [0.15, 0.2) is 0 Å². The predicted octanol–water partition coefficient (Wildman–Crippen LogP) is 3.53. The molecule has 0 N–H and O–H groups in total. The molecule has 0 saturated heterocycles. The predicted molar refractivity (Wildman–Crippen MR) is 40.5 cm³/mol. The van der Waals surface area contributed by atoms with E-state index in [1.807, 2.05) is 41.5 Å². The van der Waals surface area contributed by atoms with Crippen molar-refractivity contribution in [2.45, 2.75) is 41.5 Å². The van der Waals surface area contributed by atoms with E-state index in [9.17, 15) is 0 Å². The minimum atomic E-state index is 0. The summed E-state index contributed by atoms with van der Waals surface area (Å²) in [5.74, 6) is 0. The summed E-state index contributed by atoms with van der Waals surface area (Å²) in [6.45, 7) is 12.0. The standard InChI is InChI=1S/3C2H6.CH3.Mn/c3*1-2;;/h3*1-2H3;1H3;/q;;;-1;. The zero-order valence-corrected chi connectivity index (χ0v) is 8.56. The molecule has 0 aliphatic rings. The average molecular weight is 160 g/mol. The van der Waals surface area contributed by atoms with Gasteiger partial charge in [0.2, 0.25) is 0 Å². The second-order valence-electron chi connectivity index (χ2n) is 0. The topological polar surface area (TPSA) is 0 Å². The summed E-state index contributed by atoms with van der Waals surface area (Å²) in [6, 6.07) is 0. The summed E-state index contributed by atoms with van der Waals surface area (Å²) >= 11 is 0. The Morgan fingerprint density at radius 2 is 0.500 bits per heavy atom. The van der Waals surface area contributed by atoms with Crippen LogP contribution in [0.3, 0.4) is 0 Å². The van der Waals surface area contributed by atoms with Gasteiger partial charge in [-0.3, -0.25) is 0 Å². The van der Waals surface area contributed by atoms with Gasteiger partial charge in [-0.1, -0.05) is 41.5 Å². The summed E-state index contributed by atoms with van der Waals surface area (Å²) in [6.07, 6.45) is 0. The van der Waals surface area contributed by atoms with Crippen LogP contribution >= 0.6 is 0 Å². The first-order chi connectivity index (χ1) is 3.00. The van der Waals surface area contributed by atoms with E-state index in [0.717, 1.165) is 0 Å². The molecule has 57 valence electrons. The Morgan fingerprint density at radius 1 is 0.500 bits per heavy atom. The molecule has 0 rings (SSSR count). The van der Waals surface area contributed by atoms with Gasteiger partial charge in [-0.2, -0.15) is 0 Å². The SMILES string of the molecule is CC.CC.CC.[CH3-].[Mn].